The monoisotopic (exact) mass is 862 g/mol. The average molecular weight is 863 g/mol. The molecule has 2 heterocycles. The maximum Gasteiger partial charge on any atom is 0.335 e. The van der Waals surface area contributed by atoms with E-state index >= 15 is 0 Å². The number of carbonyl (C=O) groups is 4. The summed E-state index contributed by atoms with van der Waals surface area (Å²) in [6, 6.07) is 11.9. The summed E-state index contributed by atoms with van der Waals surface area (Å²) in [5.41, 5.74) is -2.87. The van der Waals surface area contributed by atoms with Gasteiger partial charge in [-0.15, -0.1) is 0 Å². The first-order valence-corrected chi connectivity index (χ1v) is 19.0. The summed E-state index contributed by atoms with van der Waals surface area (Å²) in [6.07, 6.45) is -17.7. The summed E-state index contributed by atoms with van der Waals surface area (Å²) in [7, 11) is 0. The van der Waals surface area contributed by atoms with Gasteiger partial charge in [0.15, 0.2) is 0 Å². The minimum atomic E-state index is -1.94. The van der Waals surface area contributed by atoms with Gasteiger partial charge < -0.3 is 80.2 Å². The van der Waals surface area contributed by atoms with E-state index in [1.807, 2.05) is 0 Å². The molecule has 0 unspecified atom stereocenters. The number of rotatable bonds is 9. The summed E-state index contributed by atoms with van der Waals surface area (Å²) in [6.45, 7) is -1.64. The molecule has 2 saturated heterocycles. The summed E-state index contributed by atoms with van der Waals surface area (Å²) < 4.78 is 23.0. The van der Waals surface area contributed by atoms with E-state index in [4.69, 9.17) is 18.9 Å². The minimum absolute atomic E-state index is 0.00301. The molecule has 0 radical (unpaired) electrons. The van der Waals surface area contributed by atoms with Crippen LogP contribution >= 0.6 is 0 Å². The molecule has 2 aliphatic carbocycles. The highest BCUT2D eigenvalue weighted by molar-refractivity contribution is 6.18. The molecule has 0 aromatic heterocycles. The van der Waals surface area contributed by atoms with E-state index in [1.165, 1.54) is 36.4 Å². The fraction of sp³-hybridized carbons (Fsp3) is 0.333. The van der Waals surface area contributed by atoms with Crippen LogP contribution < -0.4 is 9.47 Å². The Kier molecular flexibility index (Phi) is 11.0. The van der Waals surface area contributed by atoms with E-state index in [1.54, 1.807) is 0 Å². The third-order valence-corrected chi connectivity index (χ3v) is 11.7. The molecule has 12 N–H and O–H groups in total. The van der Waals surface area contributed by atoms with Crippen LogP contribution in [0.15, 0.2) is 60.7 Å². The van der Waals surface area contributed by atoms with Gasteiger partial charge in [-0.25, -0.2) is 9.59 Å². The SMILES string of the molecule is O=C(O)c1cc(O)c2c(c1)[C@@H]([C@@H]1c3cc(C(=O)O)cc(O)c3C(=O)c3c(O[C@@H]4O[C@@H](CO)[C@@H](O)[C@@H](O)[C@H]4O)cccc31)c1cccc(O[C@@H]3O[C@H](CO)[C@@H](O)[C@@H](O)[C@@H]3O)c1C2=O. The van der Waals surface area contributed by atoms with Crippen molar-refractivity contribution in [2.75, 3.05) is 13.2 Å². The van der Waals surface area contributed by atoms with Crippen molar-refractivity contribution in [2.45, 2.75) is 73.2 Å². The van der Waals surface area contributed by atoms with Crippen LogP contribution in [0.1, 0.15) is 86.6 Å². The molecule has 4 aliphatic rings. The quantitative estimate of drug-likeness (QED) is 0.0950. The smallest absolute Gasteiger partial charge is 0.335 e. The number of aromatic hydroxyl groups is 2. The molecule has 0 bridgehead atoms. The molecule has 12 atom stereocenters. The minimum Gasteiger partial charge on any atom is -0.507 e. The first-order valence-electron chi connectivity index (χ1n) is 19.0. The lowest BCUT2D eigenvalue weighted by atomic mass is 9.63. The molecule has 2 aliphatic heterocycles. The standard InChI is InChI=1S/C42H38O20/c43-11-23-31(47)35(51)37(53)41(61-23)59-21-5-1-3-15-25(17-7-13(39(55)56)9-19(45)27(17)33(49)29(15)21)26-16-4-2-6-22(60-42-38(54)36(52)32(48)24(12-44)62-42)30(16)34(50)28-18(26)8-14(40(57)58)10-20(28)46/h1-10,23-26,31-32,35-38,41-48,51-54H,11-12H2,(H,55,56)(H,57,58)/t23-,24+,25-,26-,31+,32+,35+,36+,37+,38-,41+,42+/m0/s1. The molecule has 62 heavy (non-hydrogen) atoms. The number of carboxylic acid groups (broad SMARTS) is 2. The van der Waals surface area contributed by atoms with Gasteiger partial charge in [0.1, 0.15) is 71.8 Å². The van der Waals surface area contributed by atoms with Crippen LogP contribution in [0.25, 0.3) is 0 Å². The molecule has 8 rings (SSSR count). The number of hydrogen-bond acceptors (Lipinski definition) is 18. The Balaban J connectivity index is 1.38. The van der Waals surface area contributed by atoms with Crippen LogP contribution in [0, 0.1) is 0 Å². The van der Waals surface area contributed by atoms with E-state index in [9.17, 15) is 80.5 Å². The molecule has 20 heteroatoms. The van der Waals surface area contributed by atoms with Gasteiger partial charge in [0.25, 0.3) is 0 Å². The van der Waals surface area contributed by atoms with Crippen molar-refractivity contribution in [1.29, 1.82) is 0 Å². The topological polar surface area (TPSA) is 348 Å². The Labute approximate surface area is 348 Å². The van der Waals surface area contributed by atoms with Crippen molar-refractivity contribution >= 4 is 23.5 Å². The Morgan fingerprint density at radius 2 is 0.887 bits per heavy atom. The average Bonchev–Trinajstić information content (AvgIpc) is 3.24. The van der Waals surface area contributed by atoms with Crippen molar-refractivity contribution < 1.29 is 99.4 Å². The number of carboxylic acids is 2. The van der Waals surface area contributed by atoms with Crippen molar-refractivity contribution in [3.05, 3.63) is 116 Å². The zero-order chi connectivity index (χ0) is 44.6. The number of ether oxygens (including phenoxy) is 4. The van der Waals surface area contributed by atoms with Gasteiger partial charge in [-0.05, 0) is 58.7 Å². The van der Waals surface area contributed by atoms with Crippen LogP contribution in [0.3, 0.4) is 0 Å². The normalized spacial score (nSPS) is 30.1. The number of aliphatic hydroxyl groups is 8. The first-order chi connectivity index (χ1) is 29.5. The fourth-order valence-electron chi connectivity index (χ4n) is 8.71. The number of benzene rings is 4. The van der Waals surface area contributed by atoms with Crippen LogP contribution in [-0.4, -0.2) is 159 Å². The van der Waals surface area contributed by atoms with Crippen LogP contribution in [-0.2, 0) is 9.47 Å². The van der Waals surface area contributed by atoms with Gasteiger partial charge in [-0.2, -0.15) is 0 Å². The molecule has 0 spiro atoms. The van der Waals surface area contributed by atoms with Crippen LogP contribution in [0.5, 0.6) is 23.0 Å². The predicted molar refractivity (Wildman–Crippen MR) is 202 cm³/mol. The van der Waals surface area contributed by atoms with E-state index in [-0.39, 0.29) is 44.9 Å². The zero-order valence-corrected chi connectivity index (χ0v) is 31.7. The second-order valence-electron chi connectivity index (χ2n) is 15.2. The Bertz CT molecular complexity index is 2330. The van der Waals surface area contributed by atoms with E-state index < -0.39 is 144 Å². The number of phenols is 2. The highest BCUT2D eigenvalue weighted by atomic mass is 16.7. The largest absolute Gasteiger partial charge is 0.507 e. The van der Waals surface area contributed by atoms with E-state index in [0.717, 1.165) is 24.3 Å². The summed E-state index contributed by atoms with van der Waals surface area (Å²) >= 11 is 0. The first kappa shape index (κ1) is 42.6. The lowest BCUT2D eigenvalue weighted by Gasteiger charge is -2.41. The van der Waals surface area contributed by atoms with Crippen LogP contribution in [0.2, 0.25) is 0 Å². The summed E-state index contributed by atoms with van der Waals surface area (Å²) in [4.78, 5) is 54.2. The summed E-state index contributed by atoms with van der Waals surface area (Å²) in [5, 5.41) is 126. The maximum atomic E-state index is 14.7. The molecule has 0 amide bonds. The van der Waals surface area contributed by atoms with Gasteiger partial charge in [0.2, 0.25) is 24.1 Å². The number of aromatic carboxylic acids is 2. The fourth-order valence-corrected chi connectivity index (χ4v) is 8.71. The molecule has 20 nitrogen and oxygen atoms in total. The number of ketones is 2. The van der Waals surface area contributed by atoms with Gasteiger partial charge in [-0.3, -0.25) is 9.59 Å². The van der Waals surface area contributed by atoms with E-state index in [0.29, 0.717) is 0 Å². The van der Waals surface area contributed by atoms with Crippen molar-refractivity contribution in [3.63, 3.8) is 0 Å². The second-order valence-corrected chi connectivity index (χ2v) is 15.2. The van der Waals surface area contributed by atoms with Crippen molar-refractivity contribution in [3.8, 4) is 23.0 Å². The Morgan fingerprint density at radius 1 is 0.516 bits per heavy atom. The van der Waals surface area contributed by atoms with E-state index in [2.05, 4.69) is 0 Å². The van der Waals surface area contributed by atoms with Gasteiger partial charge >= 0.3 is 11.9 Å². The number of carbonyl (C=O) groups excluding carboxylic acids is 2. The Morgan fingerprint density at radius 3 is 1.23 bits per heavy atom. The number of hydrogen-bond donors (Lipinski definition) is 12. The van der Waals surface area contributed by atoms with Crippen molar-refractivity contribution in [1.82, 2.24) is 0 Å². The second kappa shape index (κ2) is 16.0. The molecule has 4 aromatic rings. The molecule has 4 aromatic carbocycles. The molecule has 0 saturated carbocycles. The Hall–Kier alpha value is -6.04. The molecule has 326 valence electrons. The van der Waals surface area contributed by atoms with Crippen molar-refractivity contribution in [2.24, 2.45) is 0 Å². The van der Waals surface area contributed by atoms with Gasteiger partial charge in [0, 0.05) is 11.8 Å². The third kappa shape index (κ3) is 6.73. The number of aliphatic hydroxyl groups excluding tert-OH is 8. The van der Waals surface area contributed by atoms with Crippen LogP contribution in [0.4, 0.5) is 0 Å². The highest BCUT2D eigenvalue weighted by Gasteiger charge is 2.50. The summed E-state index contributed by atoms with van der Waals surface area (Å²) in [5.74, 6) is -10.1. The predicted octanol–water partition coefficient (Wildman–Crippen LogP) is -1.10. The maximum absolute atomic E-state index is 14.7. The number of fused-ring (bicyclic) bond motifs is 4. The lowest BCUT2D eigenvalue weighted by Crippen LogP contribution is -2.60. The van der Waals surface area contributed by atoms with Gasteiger partial charge in [-0.1, -0.05) is 24.3 Å². The highest BCUT2D eigenvalue weighted by Crippen LogP contribution is 2.56. The third-order valence-electron chi connectivity index (χ3n) is 11.7. The number of phenolic OH excluding ortho intramolecular Hbond substituents is 2. The molecule has 2 fully saturated rings. The zero-order valence-electron chi connectivity index (χ0n) is 31.7. The molecular weight excluding hydrogens is 824 g/mol. The molecular formula is C42H38O20. The lowest BCUT2D eigenvalue weighted by molar-refractivity contribution is -0.277. The van der Waals surface area contributed by atoms with Gasteiger partial charge in [0.05, 0.1) is 46.6 Å².